The van der Waals surface area contributed by atoms with E-state index in [4.69, 9.17) is 4.74 Å². The highest BCUT2D eigenvalue weighted by Gasteiger charge is 2.40. The van der Waals surface area contributed by atoms with Crippen molar-refractivity contribution in [1.82, 2.24) is 10.2 Å². The number of amides is 2. The Morgan fingerprint density at radius 2 is 1.88 bits per heavy atom. The van der Waals surface area contributed by atoms with Crippen molar-refractivity contribution in [3.8, 4) is 0 Å². The molecule has 2 aliphatic rings. The van der Waals surface area contributed by atoms with Gasteiger partial charge in [-0.05, 0) is 30.0 Å². The number of carbonyl (C=O) groups is 2. The van der Waals surface area contributed by atoms with E-state index >= 15 is 0 Å². The molecule has 1 N–H and O–H groups in total. The van der Waals surface area contributed by atoms with Crippen LogP contribution in [0.1, 0.15) is 40.4 Å². The molecule has 1 saturated heterocycles. The lowest BCUT2D eigenvalue weighted by molar-refractivity contribution is -0.126. The molecule has 0 aliphatic carbocycles. The average molecular weight is 350 g/mol. The zero-order valence-corrected chi connectivity index (χ0v) is 14.6. The van der Waals surface area contributed by atoms with Gasteiger partial charge in [-0.15, -0.1) is 0 Å². The number of benzene rings is 2. The van der Waals surface area contributed by atoms with Crippen molar-refractivity contribution in [3.63, 3.8) is 0 Å². The predicted octanol–water partition coefficient (Wildman–Crippen LogP) is 2.68. The fourth-order valence-corrected chi connectivity index (χ4v) is 3.71. The molecule has 2 unspecified atom stereocenters. The third-order valence-corrected chi connectivity index (χ3v) is 5.03. The van der Waals surface area contributed by atoms with Crippen LogP contribution in [0.5, 0.6) is 0 Å². The normalized spacial score (nSPS) is 21.7. The van der Waals surface area contributed by atoms with Crippen LogP contribution in [0.25, 0.3) is 0 Å². The Labute approximate surface area is 153 Å². The van der Waals surface area contributed by atoms with Crippen LogP contribution in [-0.2, 0) is 16.1 Å². The number of hydrogen-bond acceptors (Lipinski definition) is 3. The largest absolute Gasteiger partial charge is 0.376 e. The van der Waals surface area contributed by atoms with Gasteiger partial charge < -0.3 is 15.0 Å². The Kier molecular flexibility index (Phi) is 4.71. The molecule has 0 radical (unpaired) electrons. The summed E-state index contributed by atoms with van der Waals surface area (Å²) in [6, 6.07) is 16.5. The molecule has 26 heavy (non-hydrogen) atoms. The zero-order valence-electron chi connectivity index (χ0n) is 14.6. The minimum absolute atomic E-state index is 0.0777. The van der Waals surface area contributed by atoms with Crippen molar-refractivity contribution in [2.75, 3.05) is 13.2 Å². The summed E-state index contributed by atoms with van der Waals surface area (Å²) < 4.78 is 5.58. The van der Waals surface area contributed by atoms with Crippen LogP contribution in [0.15, 0.2) is 54.6 Å². The molecule has 5 nitrogen and oxygen atoms in total. The van der Waals surface area contributed by atoms with E-state index in [1.165, 1.54) is 0 Å². The molecule has 0 bridgehead atoms. The molecule has 2 aromatic rings. The van der Waals surface area contributed by atoms with Crippen LogP contribution in [0.2, 0.25) is 0 Å². The van der Waals surface area contributed by atoms with Crippen LogP contribution >= 0.6 is 0 Å². The van der Waals surface area contributed by atoms with E-state index in [0.717, 1.165) is 30.6 Å². The van der Waals surface area contributed by atoms with Gasteiger partial charge >= 0.3 is 0 Å². The maximum Gasteiger partial charge on any atom is 0.255 e. The van der Waals surface area contributed by atoms with Crippen molar-refractivity contribution in [3.05, 3.63) is 71.3 Å². The smallest absolute Gasteiger partial charge is 0.255 e. The van der Waals surface area contributed by atoms with Crippen LogP contribution in [0, 0.1) is 0 Å². The Morgan fingerprint density at radius 3 is 2.65 bits per heavy atom. The predicted molar refractivity (Wildman–Crippen MR) is 97.5 cm³/mol. The van der Waals surface area contributed by atoms with E-state index in [1.807, 2.05) is 48.5 Å². The van der Waals surface area contributed by atoms with Gasteiger partial charge in [0, 0.05) is 25.3 Å². The molecule has 1 fully saturated rings. The summed E-state index contributed by atoms with van der Waals surface area (Å²) in [6.45, 7) is 1.66. The first-order valence-corrected chi connectivity index (χ1v) is 9.07. The van der Waals surface area contributed by atoms with Crippen LogP contribution < -0.4 is 5.32 Å². The SMILES string of the molecule is O=C(NCC1CCCO1)C1c2ccccc2C(=O)N1Cc1ccccc1. The highest BCUT2D eigenvalue weighted by molar-refractivity contribution is 6.04. The minimum atomic E-state index is -0.597. The van der Waals surface area contributed by atoms with Gasteiger partial charge in [-0.3, -0.25) is 9.59 Å². The summed E-state index contributed by atoms with van der Waals surface area (Å²) in [7, 11) is 0. The quantitative estimate of drug-likeness (QED) is 0.902. The third-order valence-electron chi connectivity index (χ3n) is 5.03. The summed E-state index contributed by atoms with van der Waals surface area (Å²) in [4.78, 5) is 27.5. The Morgan fingerprint density at radius 1 is 1.12 bits per heavy atom. The van der Waals surface area contributed by atoms with Gasteiger partial charge in [0.25, 0.3) is 5.91 Å². The molecule has 134 valence electrons. The molecule has 0 saturated carbocycles. The topological polar surface area (TPSA) is 58.6 Å². The lowest BCUT2D eigenvalue weighted by Crippen LogP contribution is -2.41. The van der Waals surface area contributed by atoms with Gasteiger partial charge in [0.1, 0.15) is 6.04 Å². The number of fused-ring (bicyclic) bond motifs is 1. The van der Waals surface area contributed by atoms with Gasteiger partial charge in [-0.2, -0.15) is 0 Å². The highest BCUT2D eigenvalue weighted by atomic mass is 16.5. The van der Waals surface area contributed by atoms with Crippen LogP contribution in [0.4, 0.5) is 0 Å². The molecular weight excluding hydrogens is 328 g/mol. The summed E-state index contributed by atoms with van der Waals surface area (Å²) in [6.07, 6.45) is 2.08. The Bertz CT molecular complexity index is 800. The maximum absolute atomic E-state index is 13.0. The molecule has 5 heteroatoms. The molecule has 2 aliphatic heterocycles. The standard InChI is InChI=1S/C21H22N2O3/c24-20(22-13-16-9-6-12-26-16)19-17-10-4-5-11-18(17)21(25)23(19)14-15-7-2-1-3-8-15/h1-5,7-8,10-11,16,19H,6,9,12-14H2,(H,22,24). The lowest BCUT2D eigenvalue weighted by Gasteiger charge is -2.25. The number of nitrogens with one attached hydrogen (secondary N) is 1. The molecule has 2 heterocycles. The van der Waals surface area contributed by atoms with Gasteiger partial charge in [0.2, 0.25) is 5.91 Å². The van der Waals surface area contributed by atoms with E-state index in [9.17, 15) is 9.59 Å². The fraction of sp³-hybridized carbons (Fsp3) is 0.333. The number of hydrogen-bond donors (Lipinski definition) is 1. The van der Waals surface area contributed by atoms with Crippen molar-refractivity contribution < 1.29 is 14.3 Å². The Hall–Kier alpha value is -2.66. The Balaban J connectivity index is 1.57. The van der Waals surface area contributed by atoms with E-state index in [0.29, 0.717) is 18.7 Å². The van der Waals surface area contributed by atoms with Crippen molar-refractivity contribution in [2.45, 2.75) is 31.5 Å². The fourth-order valence-electron chi connectivity index (χ4n) is 3.71. The summed E-state index contributed by atoms with van der Waals surface area (Å²) >= 11 is 0. The summed E-state index contributed by atoms with van der Waals surface area (Å²) in [5.74, 6) is -0.239. The van der Waals surface area contributed by atoms with Crippen LogP contribution in [0.3, 0.4) is 0 Å². The summed E-state index contributed by atoms with van der Waals surface area (Å²) in [5.41, 5.74) is 2.39. The lowest BCUT2D eigenvalue weighted by atomic mass is 10.0. The van der Waals surface area contributed by atoms with E-state index in [1.54, 1.807) is 11.0 Å². The average Bonchev–Trinajstić information content (AvgIpc) is 3.28. The second-order valence-corrected chi connectivity index (χ2v) is 6.79. The summed E-state index contributed by atoms with van der Waals surface area (Å²) in [5, 5.41) is 2.99. The van der Waals surface area contributed by atoms with Gasteiger partial charge in [0.15, 0.2) is 0 Å². The van der Waals surface area contributed by atoms with E-state index in [-0.39, 0.29) is 17.9 Å². The highest BCUT2D eigenvalue weighted by Crippen LogP contribution is 2.35. The number of nitrogens with zero attached hydrogens (tertiary/aromatic N) is 1. The van der Waals surface area contributed by atoms with E-state index in [2.05, 4.69) is 5.32 Å². The first kappa shape index (κ1) is 16.8. The molecule has 0 aromatic heterocycles. The van der Waals surface area contributed by atoms with Gasteiger partial charge in [0.05, 0.1) is 6.10 Å². The minimum Gasteiger partial charge on any atom is -0.376 e. The number of ether oxygens (including phenoxy) is 1. The zero-order chi connectivity index (χ0) is 17.9. The molecule has 2 aromatic carbocycles. The first-order chi connectivity index (χ1) is 12.7. The number of rotatable bonds is 5. The second kappa shape index (κ2) is 7.30. The van der Waals surface area contributed by atoms with Crippen molar-refractivity contribution in [2.24, 2.45) is 0 Å². The maximum atomic E-state index is 13.0. The molecule has 0 spiro atoms. The number of carbonyl (C=O) groups excluding carboxylic acids is 2. The molecule has 2 atom stereocenters. The second-order valence-electron chi connectivity index (χ2n) is 6.79. The molecular formula is C21H22N2O3. The van der Waals surface area contributed by atoms with Crippen LogP contribution in [-0.4, -0.2) is 36.0 Å². The van der Waals surface area contributed by atoms with E-state index < -0.39 is 6.04 Å². The molecule has 2 amide bonds. The molecule has 4 rings (SSSR count). The first-order valence-electron chi connectivity index (χ1n) is 9.07. The monoisotopic (exact) mass is 350 g/mol. The third kappa shape index (κ3) is 3.22. The van der Waals surface area contributed by atoms with Gasteiger partial charge in [-0.25, -0.2) is 0 Å². The van der Waals surface area contributed by atoms with Gasteiger partial charge in [-0.1, -0.05) is 48.5 Å². The van der Waals surface area contributed by atoms with Crippen molar-refractivity contribution >= 4 is 11.8 Å². The van der Waals surface area contributed by atoms with Crippen molar-refractivity contribution in [1.29, 1.82) is 0 Å².